The molecule has 3 N–H and O–H groups in total. The molecule has 0 aromatic carbocycles. The Hall–Kier alpha value is -2.51. The van der Waals surface area contributed by atoms with Gasteiger partial charge in [0.05, 0.1) is 18.1 Å². The molecular formula is C9H6F2N4O2. The number of hydrogen-bond donors (Lipinski definition) is 2. The lowest BCUT2D eigenvalue weighted by molar-refractivity contribution is 0.0691. The first-order valence-corrected chi connectivity index (χ1v) is 4.39. The third kappa shape index (κ3) is 1.92. The Bertz CT molecular complexity index is 597. The minimum absolute atomic E-state index is 0.136. The molecule has 0 aliphatic heterocycles. The number of carboxylic acids is 1. The van der Waals surface area contributed by atoms with Crippen molar-refractivity contribution >= 4 is 11.7 Å². The highest BCUT2D eigenvalue weighted by molar-refractivity contribution is 5.91. The van der Waals surface area contributed by atoms with Crippen LogP contribution >= 0.6 is 0 Å². The third-order valence-corrected chi connectivity index (χ3v) is 1.95. The quantitative estimate of drug-likeness (QED) is 0.810. The number of carbonyl (C=O) groups is 1. The molecule has 2 rings (SSSR count). The van der Waals surface area contributed by atoms with Gasteiger partial charge in [0.15, 0.2) is 17.3 Å². The van der Waals surface area contributed by atoms with E-state index in [0.29, 0.717) is 6.07 Å². The molecule has 2 heterocycles. The van der Waals surface area contributed by atoms with E-state index in [-0.39, 0.29) is 11.5 Å². The number of nitrogens with two attached hydrogens (primary N) is 1. The summed E-state index contributed by atoms with van der Waals surface area (Å²) in [5, 5.41) is 12.2. The van der Waals surface area contributed by atoms with E-state index >= 15 is 0 Å². The van der Waals surface area contributed by atoms with E-state index in [1.807, 2.05) is 0 Å². The average Bonchev–Trinajstić information content (AvgIpc) is 2.60. The van der Waals surface area contributed by atoms with Gasteiger partial charge in [0, 0.05) is 6.07 Å². The highest BCUT2D eigenvalue weighted by Crippen LogP contribution is 2.15. The Labute approximate surface area is 93.3 Å². The zero-order valence-electron chi connectivity index (χ0n) is 8.26. The molecule has 0 radical (unpaired) electrons. The number of aromatic carboxylic acids is 1. The van der Waals surface area contributed by atoms with Gasteiger partial charge < -0.3 is 10.8 Å². The van der Waals surface area contributed by atoms with Gasteiger partial charge in [-0.05, 0) is 0 Å². The van der Waals surface area contributed by atoms with Crippen molar-refractivity contribution in [1.29, 1.82) is 0 Å². The first-order valence-electron chi connectivity index (χ1n) is 4.39. The third-order valence-electron chi connectivity index (χ3n) is 1.95. The standard InChI is InChI=1S/C9H6F2N4O2/c10-4-1-5(11)8(13-2-4)15-3-6(12)7(14-15)9(16)17/h1-3H,12H2,(H,16,17). The van der Waals surface area contributed by atoms with Crippen LogP contribution in [-0.4, -0.2) is 25.8 Å². The van der Waals surface area contributed by atoms with Crippen LogP contribution < -0.4 is 5.73 Å². The number of anilines is 1. The van der Waals surface area contributed by atoms with E-state index in [9.17, 15) is 13.6 Å². The zero-order valence-corrected chi connectivity index (χ0v) is 8.26. The minimum Gasteiger partial charge on any atom is -0.476 e. The Kier molecular flexibility index (Phi) is 2.47. The lowest BCUT2D eigenvalue weighted by Gasteiger charge is -2.00. The maximum absolute atomic E-state index is 13.3. The molecule has 0 saturated heterocycles. The molecule has 0 spiro atoms. The van der Waals surface area contributed by atoms with Gasteiger partial charge in [-0.2, -0.15) is 5.10 Å². The van der Waals surface area contributed by atoms with Gasteiger partial charge >= 0.3 is 5.97 Å². The summed E-state index contributed by atoms with van der Waals surface area (Å²) in [6, 6.07) is 0.612. The molecule has 0 aliphatic rings. The predicted octanol–water partition coefficient (Wildman–Crippen LogP) is 0.826. The highest BCUT2D eigenvalue weighted by Gasteiger charge is 2.16. The summed E-state index contributed by atoms with van der Waals surface area (Å²) < 4.78 is 26.8. The fourth-order valence-electron chi connectivity index (χ4n) is 1.24. The largest absolute Gasteiger partial charge is 0.476 e. The van der Waals surface area contributed by atoms with Gasteiger partial charge in [-0.3, -0.25) is 0 Å². The second-order valence-corrected chi connectivity index (χ2v) is 3.14. The maximum Gasteiger partial charge on any atom is 0.358 e. The number of hydrogen-bond acceptors (Lipinski definition) is 4. The van der Waals surface area contributed by atoms with E-state index in [1.165, 1.54) is 0 Å². The molecule has 2 aromatic rings. The number of nitrogens with zero attached hydrogens (tertiary/aromatic N) is 3. The maximum atomic E-state index is 13.3. The van der Waals surface area contributed by atoms with Crippen LogP contribution in [0.5, 0.6) is 0 Å². The average molecular weight is 240 g/mol. The molecular weight excluding hydrogens is 234 g/mol. The van der Waals surface area contributed by atoms with Crippen molar-refractivity contribution in [2.75, 3.05) is 5.73 Å². The molecule has 0 unspecified atom stereocenters. The molecule has 0 amide bonds. The lowest BCUT2D eigenvalue weighted by Crippen LogP contribution is -2.05. The molecule has 0 fully saturated rings. The van der Waals surface area contributed by atoms with Crippen LogP contribution in [0.3, 0.4) is 0 Å². The van der Waals surface area contributed by atoms with Crippen molar-refractivity contribution in [3.63, 3.8) is 0 Å². The molecule has 0 atom stereocenters. The van der Waals surface area contributed by atoms with Crippen LogP contribution in [0.1, 0.15) is 10.5 Å². The normalized spacial score (nSPS) is 10.5. The fraction of sp³-hybridized carbons (Fsp3) is 0. The van der Waals surface area contributed by atoms with Gasteiger partial charge in [0.25, 0.3) is 0 Å². The number of halogens is 2. The summed E-state index contributed by atoms with van der Waals surface area (Å²) in [4.78, 5) is 14.1. The van der Waals surface area contributed by atoms with Crippen molar-refractivity contribution in [2.45, 2.75) is 0 Å². The van der Waals surface area contributed by atoms with Crippen LogP contribution in [0.4, 0.5) is 14.5 Å². The van der Waals surface area contributed by atoms with Crippen molar-refractivity contribution in [3.05, 3.63) is 35.8 Å². The summed E-state index contributed by atoms with van der Waals surface area (Å²) in [6.07, 6.45) is 1.88. The Morgan fingerprint density at radius 2 is 2.18 bits per heavy atom. The van der Waals surface area contributed by atoms with Gasteiger partial charge in [0.1, 0.15) is 5.82 Å². The summed E-state index contributed by atoms with van der Waals surface area (Å²) in [5.41, 5.74) is 4.81. The SMILES string of the molecule is Nc1cn(-c2ncc(F)cc2F)nc1C(=O)O. The van der Waals surface area contributed by atoms with Crippen LogP contribution in [0, 0.1) is 11.6 Å². The van der Waals surface area contributed by atoms with E-state index in [2.05, 4.69) is 10.1 Å². The first-order chi connectivity index (χ1) is 7.99. The van der Waals surface area contributed by atoms with E-state index in [0.717, 1.165) is 17.1 Å². The highest BCUT2D eigenvalue weighted by atomic mass is 19.1. The molecule has 6 nitrogen and oxygen atoms in total. The van der Waals surface area contributed by atoms with Gasteiger partial charge in [-0.1, -0.05) is 0 Å². The van der Waals surface area contributed by atoms with E-state index in [4.69, 9.17) is 10.8 Å². The molecule has 8 heteroatoms. The smallest absolute Gasteiger partial charge is 0.358 e. The van der Waals surface area contributed by atoms with E-state index < -0.39 is 23.3 Å². The van der Waals surface area contributed by atoms with E-state index in [1.54, 1.807) is 0 Å². The second-order valence-electron chi connectivity index (χ2n) is 3.14. The van der Waals surface area contributed by atoms with Crippen molar-refractivity contribution in [3.8, 4) is 5.82 Å². The topological polar surface area (TPSA) is 94.0 Å². The summed E-state index contributed by atoms with van der Waals surface area (Å²) in [5.74, 6) is -3.48. The van der Waals surface area contributed by atoms with Crippen molar-refractivity contribution in [1.82, 2.24) is 14.8 Å². The molecule has 0 aliphatic carbocycles. The summed E-state index contributed by atoms with van der Waals surface area (Å²) >= 11 is 0. The molecule has 88 valence electrons. The van der Waals surface area contributed by atoms with Crippen molar-refractivity contribution < 1.29 is 18.7 Å². The second kappa shape index (κ2) is 3.81. The monoisotopic (exact) mass is 240 g/mol. The molecule has 17 heavy (non-hydrogen) atoms. The predicted molar refractivity (Wildman–Crippen MR) is 52.6 cm³/mol. The van der Waals surface area contributed by atoms with Crippen LogP contribution in [0.15, 0.2) is 18.5 Å². The van der Waals surface area contributed by atoms with Gasteiger partial charge in [-0.15, -0.1) is 0 Å². The molecule has 0 saturated carbocycles. The first kappa shape index (κ1) is 11.0. The number of aromatic nitrogens is 3. The number of rotatable bonds is 2. The Balaban J connectivity index is 2.53. The molecule has 2 aromatic heterocycles. The van der Waals surface area contributed by atoms with Gasteiger partial charge in [0.2, 0.25) is 0 Å². The van der Waals surface area contributed by atoms with Crippen molar-refractivity contribution in [2.24, 2.45) is 0 Å². The minimum atomic E-state index is -1.34. The Morgan fingerprint density at radius 3 is 2.71 bits per heavy atom. The van der Waals surface area contributed by atoms with Gasteiger partial charge in [-0.25, -0.2) is 23.2 Å². The fourth-order valence-corrected chi connectivity index (χ4v) is 1.24. The van der Waals surface area contributed by atoms with Crippen LogP contribution in [0.2, 0.25) is 0 Å². The van der Waals surface area contributed by atoms with Crippen LogP contribution in [0.25, 0.3) is 5.82 Å². The summed E-state index contributed by atoms with van der Waals surface area (Å²) in [6.45, 7) is 0. The number of pyridine rings is 1. The molecule has 0 bridgehead atoms. The number of carboxylic acid groups (broad SMARTS) is 1. The van der Waals surface area contributed by atoms with Crippen LogP contribution in [-0.2, 0) is 0 Å². The lowest BCUT2D eigenvalue weighted by atomic mass is 10.4. The number of nitrogen functional groups attached to an aromatic ring is 1. The Morgan fingerprint density at radius 1 is 1.47 bits per heavy atom. The summed E-state index contributed by atoms with van der Waals surface area (Å²) in [7, 11) is 0. The zero-order chi connectivity index (χ0) is 12.6.